The van der Waals surface area contributed by atoms with Crippen LogP contribution in [0.25, 0.3) is 0 Å². The number of hydrogen-bond acceptors (Lipinski definition) is 3. The summed E-state index contributed by atoms with van der Waals surface area (Å²) < 4.78 is 0. The number of fused-ring (bicyclic) bond motifs is 1. The van der Waals surface area contributed by atoms with Crippen LogP contribution in [0.4, 0.5) is 0 Å². The van der Waals surface area contributed by atoms with Crippen molar-refractivity contribution in [3.05, 3.63) is 35.9 Å². The lowest BCUT2D eigenvalue weighted by molar-refractivity contribution is -0.123. The SMILES string of the molecule is O=C1C[C@H](c2ccccc2)CC2=NCN(C3CCCCC3)CC12. The van der Waals surface area contributed by atoms with Gasteiger partial charge in [-0.3, -0.25) is 14.7 Å². The maximum Gasteiger partial charge on any atom is 0.143 e. The highest BCUT2D eigenvalue weighted by atomic mass is 16.1. The first-order valence-corrected chi connectivity index (χ1v) is 9.16. The first-order valence-electron chi connectivity index (χ1n) is 9.16. The lowest BCUT2D eigenvalue weighted by Crippen LogP contribution is -2.49. The maximum atomic E-state index is 12.7. The Bertz CT molecular complexity index is 589. The minimum atomic E-state index is 0.0747. The lowest BCUT2D eigenvalue weighted by Gasteiger charge is -2.41. The van der Waals surface area contributed by atoms with Crippen LogP contribution in [-0.4, -0.2) is 35.7 Å². The molecule has 1 unspecified atom stereocenters. The standard InChI is InChI=1S/C20H26N2O/c23-20-12-16(15-7-3-1-4-8-15)11-19-18(20)13-22(14-21-19)17-9-5-2-6-10-17/h1,3-4,7-8,16-18H,2,5-6,9-14H2/t16-,18?/m1/s1. The zero-order valence-electron chi connectivity index (χ0n) is 13.8. The number of aliphatic imine (C=N–C) groups is 1. The van der Waals surface area contributed by atoms with Crippen LogP contribution in [0.1, 0.15) is 56.4 Å². The van der Waals surface area contributed by atoms with Gasteiger partial charge in [-0.1, -0.05) is 49.6 Å². The molecule has 3 heteroatoms. The highest BCUT2D eigenvalue weighted by molar-refractivity contribution is 6.08. The predicted octanol–water partition coefficient (Wildman–Crippen LogP) is 3.80. The van der Waals surface area contributed by atoms with Crippen LogP contribution >= 0.6 is 0 Å². The number of hydrogen-bond donors (Lipinski definition) is 0. The van der Waals surface area contributed by atoms with Crippen LogP contribution < -0.4 is 0 Å². The summed E-state index contributed by atoms with van der Waals surface area (Å²) in [5.41, 5.74) is 2.46. The van der Waals surface area contributed by atoms with E-state index in [1.54, 1.807) is 0 Å². The van der Waals surface area contributed by atoms with E-state index in [2.05, 4.69) is 29.2 Å². The van der Waals surface area contributed by atoms with Gasteiger partial charge in [-0.15, -0.1) is 0 Å². The molecule has 2 atom stereocenters. The molecule has 1 aliphatic heterocycles. The van der Waals surface area contributed by atoms with Crippen molar-refractivity contribution in [3.63, 3.8) is 0 Å². The number of benzene rings is 1. The van der Waals surface area contributed by atoms with Gasteiger partial charge in [-0.25, -0.2) is 0 Å². The van der Waals surface area contributed by atoms with Gasteiger partial charge in [0.05, 0.1) is 12.6 Å². The van der Waals surface area contributed by atoms with Gasteiger partial charge in [0.15, 0.2) is 0 Å². The zero-order valence-corrected chi connectivity index (χ0v) is 13.8. The minimum Gasteiger partial charge on any atom is -0.299 e. The van der Waals surface area contributed by atoms with E-state index in [1.807, 2.05) is 6.07 Å². The summed E-state index contributed by atoms with van der Waals surface area (Å²) in [6.45, 7) is 1.73. The number of carbonyl (C=O) groups is 1. The van der Waals surface area contributed by atoms with Crippen molar-refractivity contribution < 1.29 is 4.79 Å². The van der Waals surface area contributed by atoms with Gasteiger partial charge >= 0.3 is 0 Å². The molecule has 4 rings (SSSR count). The Labute approximate surface area is 138 Å². The van der Waals surface area contributed by atoms with E-state index in [0.717, 1.165) is 19.6 Å². The molecule has 3 nitrogen and oxygen atoms in total. The number of nitrogens with zero attached hydrogens (tertiary/aromatic N) is 2. The van der Waals surface area contributed by atoms with Crippen LogP contribution in [0.2, 0.25) is 0 Å². The smallest absolute Gasteiger partial charge is 0.143 e. The van der Waals surface area contributed by atoms with Gasteiger partial charge in [0.2, 0.25) is 0 Å². The molecule has 0 radical (unpaired) electrons. The minimum absolute atomic E-state index is 0.0747. The molecule has 23 heavy (non-hydrogen) atoms. The molecule has 1 heterocycles. The quantitative estimate of drug-likeness (QED) is 0.832. The second kappa shape index (κ2) is 6.56. The number of ketones is 1. The molecule has 2 saturated carbocycles. The molecule has 2 aliphatic carbocycles. The third kappa shape index (κ3) is 3.12. The predicted molar refractivity (Wildman–Crippen MR) is 92.8 cm³/mol. The fourth-order valence-electron chi connectivity index (χ4n) is 4.57. The lowest BCUT2D eigenvalue weighted by atomic mass is 9.75. The van der Waals surface area contributed by atoms with Gasteiger partial charge in [0.1, 0.15) is 5.78 Å². The highest BCUT2D eigenvalue weighted by Gasteiger charge is 2.38. The van der Waals surface area contributed by atoms with E-state index >= 15 is 0 Å². The normalized spacial score (nSPS) is 29.9. The third-order valence-electron chi connectivity index (χ3n) is 5.93. The van der Waals surface area contributed by atoms with Crippen molar-refractivity contribution in [2.24, 2.45) is 10.9 Å². The molecule has 1 aromatic rings. The number of carbonyl (C=O) groups excluding carboxylic acids is 1. The Balaban J connectivity index is 1.49. The van der Waals surface area contributed by atoms with E-state index in [0.29, 0.717) is 24.2 Å². The molecular formula is C20H26N2O. The van der Waals surface area contributed by atoms with E-state index in [4.69, 9.17) is 4.99 Å². The van der Waals surface area contributed by atoms with Crippen LogP contribution in [-0.2, 0) is 4.79 Å². The molecule has 1 aromatic carbocycles. The summed E-state index contributed by atoms with van der Waals surface area (Å²) in [7, 11) is 0. The average Bonchev–Trinajstić information content (AvgIpc) is 2.63. The second-order valence-electron chi connectivity index (χ2n) is 7.39. The summed E-state index contributed by atoms with van der Waals surface area (Å²) in [6, 6.07) is 11.1. The summed E-state index contributed by atoms with van der Waals surface area (Å²) in [5.74, 6) is 0.815. The van der Waals surface area contributed by atoms with Crippen LogP contribution in [0.3, 0.4) is 0 Å². The molecular weight excluding hydrogens is 284 g/mol. The number of Topliss-reactive ketones (excluding diaryl/α,β-unsaturated/α-hetero) is 1. The zero-order chi connectivity index (χ0) is 15.6. The van der Waals surface area contributed by atoms with E-state index in [1.165, 1.54) is 43.4 Å². The Kier molecular flexibility index (Phi) is 4.30. The molecule has 0 aromatic heterocycles. The Morgan fingerprint density at radius 2 is 1.78 bits per heavy atom. The van der Waals surface area contributed by atoms with Gasteiger partial charge in [-0.05, 0) is 30.7 Å². The van der Waals surface area contributed by atoms with Gasteiger partial charge < -0.3 is 0 Å². The Morgan fingerprint density at radius 1 is 1.00 bits per heavy atom. The van der Waals surface area contributed by atoms with Crippen LogP contribution in [0.15, 0.2) is 35.3 Å². The van der Waals surface area contributed by atoms with Crippen LogP contribution in [0.5, 0.6) is 0 Å². The first kappa shape index (κ1) is 15.1. The summed E-state index contributed by atoms with van der Waals surface area (Å²) >= 11 is 0. The average molecular weight is 310 g/mol. The largest absolute Gasteiger partial charge is 0.299 e. The highest BCUT2D eigenvalue weighted by Crippen LogP contribution is 2.35. The maximum absolute atomic E-state index is 12.7. The van der Waals surface area contributed by atoms with Crippen molar-refractivity contribution in [1.82, 2.24) is 4.90 Å². The van der Waals surface area contributed by atoms with Crippen molar-refractivity contribution in [2.75, 3.05) is 13.2 Å². The monoisotopic (exact) mass is 310 g/mol. The van der Waals surface area contributed by atoms with Crippen molar-refractivity contribution in [1.29, 1.82) is 0 Å². The summed E-state index contributed by atoms with van der Waals surface area (Å²) in [4.78, 5) is 20.1. The molecule has 0 spiro atoms. The van der Waals surface area contributed by atoms with Crippen molar-refractivity contribution >= 4 is 11.5 Å². The van der Waals surface area contributed by atoms with Gasteiger partial charge in [0, 0.05) is 24.7 Å². The topological polar surface area (TPSA) is 32.7 Å². The van der Waals surface area contributed by atoms with Crippen molar-refractivity contribution in [3.8, 4) is 0 Å². The molecule has 3 aliphatic rings. The summed E-state index contributed by atoms with van der Waals surface area (Å²) in [6.07, 6.45) is 8.29. The molecule has 0 amide bonds. The van der Waals surface area contributed by atoms with Gasteiger partial charge in [0.25, 0.3) is 0 Å². The van der Waals surface area contributed by atoms with Crippen LogP contribution in [0, 0.1) is 5.92 Å². The molecule has 0 saturated heterocycles. The third-order valence-corrected chi connectivity index (χ3v) is 5.93. The van der Waals surface area contributed by atoms with Crippen molar-refractivity contribution in [2.45, 2.75) is 56.9 Å². The fourth-order valence-corrected chi connectivity index (χ4v) is 4.57. The molecule has 0 bridgehead atoms. The molecule has 2 fully saturated rings. The Morgan fingerprint density at radius 3 is 2.57 bits per heavy atom. The Hall–Kier alpha value is -1.48. The molecule has 122 valence electrons. The second-order valence-corrected chi connectivity index (χ2v) is 7.39. The van der Waals surface area contributed by atoms with E-state index < -0.39 is 0 Å². The molecule has 0 N–H and O–H groups in total. The summed E-state index contributed by atoms with van der Waals surface area (Å²) in [5, 5.41) is 0. The van der Waals surface area contributed by atoms with E-state index in [-0.39, 0.29) is 5.92 Å². The fraction of sp³-hybridized carbons (Fsp3) is 0.600. The van der Waals surface area contributed by atoms with Gasteiger partial charge in [-0.2, -0.15) is 0 Å². The van der Waals surface area contributed by atoms with E-state index in [9.17, 15) is 4.79 Å². The number of rotatable bonds is 2. The first-order chi connectivity index (χ1) is 11.3.